The van der Waals surface area contributed by atoms with Crippen molar-refractivity contribution in [3.8, 4) is 0 Å². The van der Waals surface area contributed by atoms with Gasteiger partial charge in [-0.05, 0) is 32.0 Å². The Morgan fingerprint density at radius 1 is 1.78 bits per heavy atom. The molecule has 1 aliphatic heterocycles. The summed E-state index contributed by atoms with van der Waals surface area (Å²) >= 11 is 4.46. The molecular formula is C6H9NOS. The number of thiocarbonyl (C=S) groups is 1. The zero-order valence-electron chi connectivity index (χ0n) is 5.39. The van der Waals surface area contributed by atoms with Gasteiger partial charge in [0.15, 0.2) is 5.72 Å². The van der Waals surface area contributed by atoms with Crippen molar-refractivity contribution in [1.82, 2.24) is 0 Å². The first-order valence-electron chi connectivity index (χ1n) is 3.00. The maximum atomic E-state index is 5.28. The fourth-order valence-electron chi connectivity index (χ4n) is 0.949. The van der Waals surface area contributed by atoms with E-state index >= 15 is 0 Å². The molecule has 0 unspecified atom stereocenters. The third-order valence-corrected chi connectivity index (χ3v) is 1.57. The van der Waals surface area contributed by atoms with E-state index in [1.54, 1.807) is 0 Å². The summed E-state index contributed by atoms with van der Waals surface area (Å²) in [6.07, 6.45) is 2.05. The zero-order valence-corrected chi connectivity index (χ0v) is 6.20. The van der Waals surface area contributed by atoms with Crippen molar-refractivity contribution < 1.29 is 4.74 Å². The molecule has 1 atom stereocenters. The Morgan fingerprint density at radius 3 is 3.00 bits per heavy atom. The van der Waals surface area contributed by atoms with Gasteiger partial charge in [0.05, 0.1) is 5.16 Å². The highest BCUT2D eigenvalue weighted by Gasteiger charge is 2.28. The second-order valence-corrected chi connectivity index (χ2v) is 2.51. The van der Waals surface area contributed by atoms with Gasteiger partial charge in [-0.25, -0.2) is 0 Å². The van der Waals surface area contributed by atoms with E-state index in [0.29, 0.717) is 0 Å². The Morgan fingerprint density at radius 2 is 2.56 bits per heavy atom. The minimum absolute atomic E-state index is 0.345. The Bertz CT molecular complexity index is 145. The first-order valence-corrected chi connectivity index (χ1v) is 3.41. The summed E-state index contributed by atoms with van der Waals surface area (Å²) in [6.45, 7) is 2.73. The molecule has 50 valence electrons. The molecule has 0 aliphatic carbocycles. The van der Waals surface area contributed by atoms with Gasteiger partial charge in [0, 0.05) is 6.61 Å². The molecule has 0 spiro atoms. The second-order valence-electron chi connectivity index (χ2n) is 2.33. The molecule has 1 aliphatic rings. The summed E-state index contributed by atoms with van der Waals surface area (Å²) < 4.78 is 5.28. The van der Waals surface area contributed by atoms with Crippen LogP contribution in [-0.2, 0) is 4.74 Å². The highest BCUT2D eigenvalue weighted by atomic mass is 32.1. The van der Waals surface area contributed by atoms with E-state index in [1.165, 1.54) is 0 Å². The van der Waals surface area contributed by atoms with Gasteiger partial charge >= 0.3 is 0 Å². The number of isothiocyanates is 1. The maximum Gasteiger partial charge on any atom is 0.165 e. The molecule has 0 saturated carbocycles. The minimum atomic E-state index is -0.345. The van der Waals surface area contributed by atoms with Gasteiger partial charge in [-0.2, -0.15) is 4.99 Å². The second kappa shape index (κ2) is 2.56. The third-order valence-electron chi connectivity index (χ3n) is 1.48. The van der Waals surface area contributed by atoms with Gasteiger partial charge in [0.25, 0.3) is 0 Å². The van der Waals surface area contributed by atoms with Gasteiger partial charge in [-0.3, -0.25) is 0 Å². The van der Waals surface area contributed by atoms with Gasteiger partial charge < -0.3 is 4.74 Å². The van der Waals surface area contributed by atoms with Crippen LogP contribution in [0.3, 0.4) is 0 Å². The fraction of sp³-hybridized carbons (Fsp3) is 0.833. The summed E-state index contributed by atoms with van der Waals surface area (Å²) in [4.78, 5) is 3.90. The van der Waals surface area contributed by atoms with E-state index < -0.39 is 0 Å². The lowest BCUT2D eigenvalue weighted by Gasteiger charge is -2.14. The number of aliphatic imine (C=N–C) groups is 1. The lowest BCUT2D eigenvalue weighted by atomic mass is 10.2. The van der Waals surface area contributed by atoms with Crippen molar-refractivity contribution in [3.63, 3.8) is 0 Å². The Labute approximate surface area is 59.9 Å². The third kappa shape index (κ3) is 1.58. The minimum Gasteiger partial charge on any atom is -0.353 e. The zero-order chi connectivity index (χ0) is 6.74. The van der Waals surface area contributed by atoms with Crippen LogP contribution in [-0.4, -0.2) is 17.5 Å². The molecule has 9 heavy (non-hydrogen) atoms. The van der Waals surface area contributed by atoms with E-state index in [2.05, 4.69) is 22.4 Å². The molecule has 0 aromatic heterocycles. The van der Waals surface area contributed by atoms with Gasteiger partial charge in [0.2, 0.25) is 0 Å². The molecule has 0 aromatic carbocycles. The van der Waals surface area contributed by atoms with Crippen LogP contribution in [0, 0.1) is 0 Å². The highest BCUT2D eigenvalue weighted by molar-refractivity contribution is 7.78. The van der Waals surface area contributed by atoms with Crippen LogP contribution in [0.5, 0.6) is 0 Å². The molecule has 0 aromatic rings. The van der Waals surface area contributed by atoms with Gasteiger partial charge in [-0.1, -0.05) is 0 Å². The molecular weight excluding hydrogens is 134 g/mol. The number of nitrogens with zero attached hydrogens (tertiary/aromatic N) is 1. The molecule has 0 bridgehead atoms. The smallest absolute Gasteiger partial charge is 0.165 e. The van der Waals surface area contributed by atoms with Crippen molar-refractivity contribution >= 4 is 17.4 Å². The summed E-state index contributed by atoms with van der Waals surface area (Å²) in [5.41, 5.74) is -0.345. The lowest BCUT2D eigenvalue weighted by Crippen LogP contribution is -2.18. The number of hydrogen-bond donors (Lipinski definition) is 0. The molecule has 1 heterocycles. The van der Waals surface area contributed by atoms with E-state index in [1.807, 2.05) is 6.92 Å². The Balaban J connectivity index is 2.61. The van der Waals surface area contributed by atoms with Crippen molar-refractivity contribution in [1.29, 1.82) is 0 Å². The van der Waals surface area contributed by atoms with Gasteiger partial charge in [-0.15, -0.1) is 0 Å². The molecule has 1 saturated heterocycles. The monoisotopic (exact) mass is 143 g/mol. The van der Waals surface area contributed by atoms with Crippen LogP contribution < -0.4 is 0 Å². The summed E-state index contributed by atoms with van der Waals surface area (Å²) in [5, 5.41) is 2.33. The predicted octanol–water partition coefficient (Wildman–Crippen LogP) is 1.62. The average Bonchev–Trinajstić information content (AvgIpc) is 2.16. The van der Waals surface area contributed by atoms with Crippen molar-refractivity contribution in [2.75, 3.05) is 6.61 Å². The average molecular weight is 143 g/mol. The first kappa shape index (κ1) is 6.87. The van der Waals surface area contributed by atoms with Crippen LogP contribution in [0.1, 0.15) is 19.8 Å². The molecule has 3 heteroatoms. The van der Waals surface area contributed by atoms with E-state index in [-0.39, 0.29) is 5.72 Å². The molecule has 0 N–H and O–H groups in total. The summed E-state index contributed by atoms with van der Waals surface area (Å²) in [7, 11) is 0. The van der Waals surface area contributed by atoms with Crippen LogP contribution in [0.15, 0.2) is 4.99 Å². The number of rotatable bonds is 1. The number of hydrogen-bond acceptors (Lipinski definition) is 3. The standard InChI is InChI=1S/C6H9NOS/c1-6(7-5-9)3-2-4-8-6/h2-4H2,1H3/t6-/m1/s1. The molecule has 1 fully saturated rings. The SMILES string of the molecule is C[C@]1(N=C=S)CCCO1. The van der Waals surface area contributed by atoms with Crippen molar-refractivity contribution in [2.24, 2.45) is 4.99 Å². The summed E-state index contributed by atoms with van der Waals surface area (Å²) in [6, 6.07) is 0. The Hall–Kier alpha value is -0.240. The quantitative estimate of drug-likeness (QED) is 0.411. The predicted molar refractivity (Wildman–Crippen MR) is 38.6 cm³/mol. The van der Waals surface area contributed by atoms with Crippen molar-refractivity contribution in [3.05, 3.63) is 0 Å². The fourth-order valence-corrected chi connectivity index (χ4v) is 1.14. The lowest BCUT2D eigenvalue weighted by molar-refractivity contribution is 0.0290. The van der Waals surface area contributed by atoms with Crippen LogP contribution in [0.2, 0.25) is 0 Å². The molecule has 0 radical (unpaired) electrons. The van der Waals surface area contributed by atoms with E-state index in [4.69, 9.17) is 4.74 Å². The highest BCUT2D eigenvalue weighted by Crippen LogP contribution is 2.25. The normalized spacial score (nSPS) is 33.9. The molecule has 2 nitrogen and oxygen atoms in total. The maximum absolute atomic E-state index is 5.28. The first-order chi connectivity index (χ1) is 4.27. The van der Waals surface area contributed by atoms with Crippen LogP contribution in [0.4, 0.5) is 0 Å². The van der Waals surface area contributed by atoms with Crippen LogP contribution in [0.25, 0.3) is 0 Å². The number of ether oxygens (including phenoxy) is 1. The van der Waals surface area contributed by atoms with Crippen LogP contribution >= 0.6 is 12.2 Å². The molecule has 1 rings (SSSR count). The van der Waals surface area contributed by atoms with E-state index in [0.717, 1.165) is 19.4 Å². The van der Waals surface area contributed by atoms with Crippen molar-refractivity contribution in [2.45, 2.75) is 25.5 Å². The molecule has 0 amide bonds. The Kier molecular flexibility index (Phi) is 1.96. The van der Waals surface area contributed by atoms with E-state index in [9.17, 15) is 0 Å². The van der Waals surface area contributed by atoms with Gasteiger partial charge in [0.1, 0.15) is 0 Å². The summed E-state index contributed by atoms with van der Waals surface area (Å²) in [5.74, 6) is 0. The topological polar surface area (TPSA) is 21.6 Å². The largest absolute Gasteiger partial charge is 0.353 e.